The number of aromatic nitrogens is 3. The summed E-state index contributed by atoms with van der Waals surface area (Å²) in [6.45, 7) is 5.94. The third-order valence-corrected chi connectivity index (χ3v) is 6.50. The average Bonchev–Trinajstić information content (AvgIpc) is 3.16. The number of rotatable bonds is 3. The number of benzene rings is 1. The molecule has 2 fully saturated rings. The summed E-state index contributed by atoms with van der Waals surface area (Å²) in [7, 11) is 1.95. The van der Waals surface area contributed by atoms with Crippen molar-refractivity contribution in [1.82, 2.24) is 30.1 Å². The van der Waals surface area contributed by atoms with E-state index in [1.54, 1.807) is 4.68 Å². The van der Waals surface area contributed by atoms with Crippen LogP contribution in [-0.2, 0) is 11.3 Å². The molecule has 0 radical (unpaired) electrons. The van der Waals surface area contributed by atoms with Crippen molar-refractivity contribution in [2.75, 3.05) is 56.7 Å². The molecule has 0 atom stereocenters. The number of ether oxygens (including phenoxy) is 1. The summed E-state index contributed by atoms with van der Waals surface area (Å²) >= 11 is 5.68. The second-order valence-corrected chi connectivity index (χ2v) is 8.53. The van der Waals surface area contributed by atoms with E-state index in [9.17, 15) is 0 Å². The van der Waals surface area contributed by atoms with Crippen LogP contribution in [0.4, 0.5) is 11.9 Å². The van der Waals surface area contributed by atoms with Gasteiger partial charge in [-0.1, -0.05) is 30.3 Å². The van der Waals surface area contributed by atoms with Crippen molar-refractivity contribution in [2.24, 2.45) is 0 Å². The molecule has 4 heterocycles. The lowest BCUT2D eigenvalue weighted by molar-refractivity contribution is 0.109. The second-order valence-electron chi connectivity index (χ2n) is 8.17. The first-order valence-corrected chi connectivity index (χ1v) is 10.9. The van der Waals surface area contributed by atoms with Gasteiger partial charge in [0, 0.05) is 39.8 Å². The van der Waals surface area contributed by atoms with Gasteiger partial charge in [-0.25, -0.2) is 5.43 Å². The number of piperidine rings is 1. The Labute approximate surface area is 181 Å². The Bertz CT molecular complexity index is 889. The maximum atomic E-state index is 5.68. The van der Waals surface area contributed by atoms with Crippen LogP contribution in [-0.4, -0.2) is 81.9 Å². The van der Waals surface area contributed by atoms with Gasteiger partial charge in [0.05, 0.1) is 13.2 Å². The number of hydrogen-bond acceptors (Lipinski definition) is 8. The highest BCUT2D eigenvalue weighted by molar-refractivity contribution is 7.80. The lowest BCUT2D eigenvalue weighted by Crippen LogP contribution is -2.62. The smallest absolute Gasteiger partial charge is 0.247 e. The molecule has 2 aromatic rings. The molecule has 1 aromatic heterocycles. The first-order valence-electron chi connectivity index (χ1n) is 10.5. The van der Waals surface area contributed by atoms with Crippen LogP contribution in [0.1, 0.15) is 18.4 Å². The zero-order valence-electron chi connectivity index (χ0n) is 17.3. The Hall–Kier alpha value is -2.27. The maximum absolute atomic E-state index is 5.68. The molecule has 0 aliphatic carbocycles. The molecule has 2 N–H and O–H groups in total. The molecule has 2 saturated heterocycles. The third-order valence-electron chi connectivity index (χ3n) is 6.05. The molecular weight excluding hydrogens is 400 g/mol. The van der Waals surface area contributed by atoms with Gasteiger partial charge in [0.15, 0.2) is 0 Å². The number of thiocarbonyl (C=S) groups is 1. The normalized spacial score (nSPS) is 22.0. The Morgan fingerprint density at radius 2 is 1.83 bits per heavy atom. The summed E-state index contributed by atoms with van der Waals surface area (Å²) < 4.78 is 7.19. The van der Waals surface area contributed by atoms with Crippen LogP contribution in [0.5, 0.6) is 0 Å². The summed E-state index contributed by atoms with van der Waals surface area (Å²) in [5.41, 5.74) is 4.63. The number of fused-ring (bicyclic) bond motifs is 1. The van der Waals surface area contributed by atoms with Crippen LogP contribution in [0.3, 0.4) is 0 Å². The van der Waals surface area contributed by atoms with Gasteiger partial charge < -0.3 is 15.0 Å². The summed E-state index contributed by atoms with van der Waals surface area (Å²) in [5.74, 6) is 1.41. The van der Waals surface area contributed by atoms with E-state index in [4.69, 9.17) is 27.0 Å². The van der Waals surface area contributed by atoms with Crippen LogP contribution in [0.15, 0.2) is 30.3 Å². The van der Waals surface area contributed by atoms with Gasteiger partial charge in [0.25, 0.3) is 0 Å². The second kappa shape index (κ2) is 8.10. The molecule has 0 unspecified atom stereocenters. The standard InChI is InChI=1S/C20H28N8OS/c1-25-19(30)28-17(21-18(23-28)27-11-13-29-14-12-27)22-20(24-25)7-9-26(10-8-20)15-16-5-3-2-4-6-16/h2-6,24H,7-15H2,1H3,(H,21,22,23). The number of hydrogen-bond donors (Lipinski definition) is 2. The predicted molar refractivity (Wildman–Crippen MR) is 119 cm³/mol. The van der Waals surface area contributed by atoms with E-state index >= 15 is 0 Å². The Morgan fingerprint density at radius 3 is 2.57 bits per heavy atom. The minimum atomic E-state index is -0.296. The molecule has 1 aromatic carbocycles. The zero-order valence-corrected chi connectivity index (χ0v) is 18.1. The third kappa shape index (κ3) is 3.87. The van der Waals surface area contributed by atoms with E-state index in [0.29, 0.717) is 30.2 Å². The average molecular weight is 429 g/mol. The van der Waals surface area contributed by atoms with Crippen LogP contribution in [0.2, 0.25) is 0 Å². The van der Waals surface area contributed by atoms with Gasteiger partial charge in [0.2, 0.25) is 17.0 Å². The molecule has 5 rings (SSSR count). The first kappa shape index (κ1) is 19.7. The van der Waals surface area contributed by atoms with Crippen LogP contribution < -0.4 is 15.6 Å². The summed E-state index contributed by atoms with van der Waals surface area (Å²) in [6.07, 6.45) is 1.87. The lowest BCUT2D eigenvalue weighted by atomic mass is 9.97. The van der Waals surface area contributed by atoms with Crippen molar-refractivity contribution in [1.29, 1.82) is 0 Å². The highest BCUT2D eigenvalue weighted by atomic mass is 32.1. The fourth-order valence-corrected chi connectivity index (χ4v) is 4.51. The molecule has 3 aliphatic rings. The molecule has 10 heteroatoms. The zero-order chi connectivity index (χ0) is 20.6. The molecule has 0 saturated carbocycles. The van der Waals surface area contributed by atoms with E-state index < -0.39 is 0 Å². The number of morpholine rings is 1. The summed E-state index contributed by atoms with van der Waals surface area (Å²) in [4.78, 5) is 9.45. The molecular formula is C20H28N8OS. The Kier molecular flexibility index (Phi) is 5.32. The van der Waals surface area contributed by atoms with Gasteiger partial charge in [-0.2, -0.15) is 9.67 Å². The van der Waals surface area contributed by atoms with Gasteiger partial charge >= 0.3 is 0 Å². The fourth-order valence-electron chi connectivity index (χ4n) is 4.34. The van der Waals surface area contributed by atoms with Crippen LogP contribution in [0, 0.1) is 0 Å². The van der Waals surface area contributed by atoms with Gasteiger partial charge in [-0.15, -0.1) is 5.10 Å². The fraction of sp³-hybridized carbons (Fsp3) is 0.550. The van der Waals surface area contributed by atoms with Gasteiger partial charge in [-0.3, -0.25) is 9.91 Å². The Morgan fingerprint density at radius 1 is 1.10 bits per heavy atom. The van der Waals surface area contributed by atoms with E-state index in [0.717, 1.165) is 45.6 Å². The van der Waals surface area contributed by atoms with E-state index in [-0.39, 0.29) is 5.66 Å². The van der Waals surface area contributed by atoms with Gasteiger partial charge in [-0.05, 0) is 30.6 Å². The van der Waals surface area contributed by atoms with E-state index in [1.165, 1.54) is 5.56 Å². The van der Waals surface area contributed by atoms with Crippen molar-refractivity contribution in [3.8, 4) is 0 Å². The predicted octanol–water partition coefficient (Wildman–Crippen LogP) is 1.10. The van der Waals surface area contributed by atoms with E-state index in [1.807, 2.05) is 12.1 Å². The quantitative estimate of drug-likeness (QED) is 0.699. The monoisotopic (exact) mass is 428 g/mol. The molecule has 3 aliphatic heterocycles. The van der Waals surface area contributed by atoms with Crippen molar-refractivity contribution in [3.05, 3.63) is 35.9 Å². The number of anilines is 2. The van der Waals surface area contributed by atoms with Crippen molar-refractivity contribution < 1.29 is 4.74 Å². The molecule has 30 heavy (non-hydrogen) atoms. The number of likely N-dealkylation sites (tertiary alicyclic amines) is 1. The minimum absolute atomic E-state index is 0.296. The largest absolute Gasteiger partial charge is 0.378 e. The molecule has 0 amide bonds. The van der Waals surface area contributed by atoms with Crippen molar-refractivity contribution >= 4 is 29.2 Å². The first-order chi connectivity index (χ1) is 14.6. The van der Waals surface area contributed by atoms with Crippen LogP contribution in [0.25, 0.3) is 0 Å². The summed E-state index contributed by atoms with van der Waals surface area (Å²) in [6, 6.07) is 10.6. The molecule has 9 nitrogen and oxygen atoms in total. The highest BCUT2D eigenvalue weighted by Gasteiger charge is 2.40. The lowest BCUT2D eigenvalue weighted by Gasteiger charge is -2.43. The minimum Gasteiger partial charge on any atom is -0.378 e. The number of nitrogens with zero attached hydrogens (tertiary/aromatic N) is 6. The van der Waals surface area contributed by atoms with Crippen molar-refractivity contribution in [2.45, 2.75) is 25.0 Å². The highest BCUT2D eigenvalue weighted by Crippen LogP contribution is 2.29. The Balaban J connectivity index is 1.32. The molecule has 0 bridgehead atoms. The van der Waals surface area contributed by atoms with Crippen molar-refractivity contribution in [3.63, 3.8) is 0 Å². The summed E-state index contributed by atoms with van der Waals surface area (Å²) in [5, 5.41) is 10.8. The maximum Gasteiger partial charge on any atom is 0.247 e. The number of nitrogens with one attached hydrogen (secondary N) is 2. The van der Waals surface area contributed by atoms with Gasteiger partial charge in [0.1, 0.15) is 5.66 Å². The topological polar surface area (TPSA) is 73.7 Å². The van der Waals surface area contributed by atoms with Crippen LogP contribution >= 0.6 is 12.2 Å². The SMILES string of the molecule is CN1NC2(CCN(Cc3ccccc3)CC2)Nc2nc(N3CCOCC3)nn2C1=S. The number of hydrazine groups is 1. The molecule has 160 valence electrons. The van der Waals surface area contributed by atoms with E-state index in [2.05, 4.69) is 50.9 Å². The molecule has 1 spiro atoms.